The molecule has 6 heteroatoms. The van der Waals surface area contributed by atoms with Crippen LogP contribution in [0.25, 0.3) is 5.65 Å². The molecule has 2 aromatic heterocycles. The number of imidazole rings is 1. The molecule has 3 N–H and O–H groups in total. The fraction of sp³-hybridized carbons (Fsp3) is 0.429. The van der Waals surface area contributed by atoms with Crippen molar-refractivity contribution in [3.05, 3.63) is 29.6 Å². The lowest BCUT2D eigenvalue weighted by Gasteiger charge is -2.09. The minimum absolute atomic E-state index is 0.0117. The highest BCUT2D eigenvalue weighted by Gasteiger charge is 2.13. The molecule has 0 aliphatic carbocycles. The molecule has 20 heavy (non-hydrogen) atoms. The predicted molar refractivity (Wildman–Crippen MR) is 77.0 cm³/mol. The van der Waals surface area contributed by atoms with E-state index < -0.39 is 5.91 Å². The zero-order chi connectivity index (χ0) is 14.5. The first-order valence-electron chi connectivity index (χ1n) is 6.81. The van der Waals surface area contributed by atoms with E-state index in [9.17, 15) is 4.79 Å². The number of aromatic nitrogens is 2. The second-order valence-electron chi connectivity index (χ2n) is 4.76. The monoisotopic (exact) mass is 276 g/mol. The molecule has 0 saturated heterocycles. The normalized spacial score (nSPS) is 10.8. The Morgan fingerprint density at radius 2 is 2.25 bits per heavy atom. The highest BCUT2D eigenvalue weighted by atomic mass is 16.5. The van der Waals surface area contributed by atoms with Gasteiger partial charge in [-0.15, -0.1) is 0 Å². The van der Waals surface area contributed by atoms with Crippen molar-refractivity contribution in [1.29, 1.82) is 0 Å². The standard InChI is InChI=1S/C14H20N4O2/c1-3-4-7-11-14(15-9-13(19)17-20)18-10(2)6-5-8-12(18)16-11/h5-6,8,15,20H,3-4,7,9H2,1-2H3,(H,17,19). The number of fused-ring (bicyclic) bond motifs is 1. The quantitative estimate of drug-likeness (QED) is 0.556. The van der Waals surface area contributed by atoms with Gasteiger partial charge in [0.2, 0.25) is 0 Å². The molecule has 2 heterocycles. The average molecular weight is 276 g/mol. The summed E-state index contributed by atoms with van der Waals surface area (Å²) in [4.78, 5) is 15.8. The topological polar surface area (TPSA) is 78.7 Å². The summed E-state index contributed by atoms with van der Waals surface area (Å²) in [6, 6.07) is 5.90. The second kappa shape index (κ2) is 6.38. The van der Waals surface area contributed by atoms with Crippen molar-refractivity contribution in [2.75, 3.05) is 11.9 Å². The van der Waals surface area contributed by atoms with E-state index >= 15 is 0 Å². The van der Waals surface area contributed by atoms with Gasteiger partial charge >= 0.3 is 0 Å². The van der Waals surface area contributed by atoms with Gasteiger partial charge in [-0.3, -0.25) is 14.4 Å². The largest absolute Gasteiger partial charge is 0.360 e. The number of aryl methyl sites for hydroxylation is 2. The maximum atomic E-state index is 11.2. The maximum Gasteiger partial charge on any atom is 0.262 e. The van der Waals surface area contributed by atoms with Gasteiger partial charge in [0.25, 0.3) is 5.91 Å². The summed E-state index contributed by atoms with van der Waals surface area (Å²) in [5.74, 6) is 0.352. The number of pyridine rings is 1. The summed E-state index contributed by atoms with van der Waals surface area (Å²) in [5, 5.41) is 11.6. The molecule has 6 nitrogen and oxygen atoms in total. The summed E-state index contributed by atoms with van der Waals surface area (Å²) in [5.41, 5.74) is 4.48. The van der Waals surface area contributed by atoms with Gasteiger partial charge in [0.15, 0.2) is 0 Å². The van der Waals surface area contributed by atoms with Gasteiger partial charge < -0.3 is 5.32 Å². The van der Waals surface area contributed by atoms with E-state index in [1.165, 1.54) is 0 Å². The number of anilines is 1. The molecule has 0 fully saturated rings. The molecule has 0 aliphatic rings. The summed E-state index contributed by atoms with van der Waals surface area (Å²) in [6.07, 6.45) is 2.99. The number of unbranched alkanes of at least 4 members (excludes halogenated alkanes) is 1. The van der Waals surface area contributed by atoms with Crippen LogP contribution in [-0.2, 0) is 11.2 Å². The van der Waals surface area contributed by atoms with Crippen LogP contribution in [0.5, 0.6) is 0 Å². The van der Waals surface area contributed by atoms with Crippen molar-refractivity contribution in [2.24, 2.45) is 0 Å². The minimum Gasteiger partial charge on any atom is -0.360 e. The lowest BCUT2D eigenvalue weighted by Crippen LogP contribution is -2.27. The smallest absolute Gasteiger partial charge is 0.262 e. The first-order valence-corrected chi connectivity index (χ1v) is 6.81. The Kier molecular flexibility index (Phi) is 4.57. The van der Waals surface area contributed by atoms with Crippen LogP contribution in [0, 0.1) is 6.92 Å². The van der Waals surface area contributed by atoms with Crippen LogP contribution in [0.4, 0.5) is 5.82 Å². The lowest BCUT2D eigenvalue weighted by molar-refractivity contribution is -0.127. The summed E-state index contributed by atoms with van der Waals surface area (Å²) in [7, 11) is 0. The highest BCUT2D eigenvalue weighted by Crippen LogP contribution is 2.21. The molecule has 0 unspecified atom stereocenters. The molecule has 0 radical (unpaired) electrons. The molecule has 0 aliphatic heterocycles. The summed E-state index contributed by atoms with van der Waals surface area (Å²) >= 11 is 0. The molecule has 1 amide bonds. The van der Waals surface area contributed by atoms with Crippen molar-refractivity contribution in [3.8, 4) is 0 Å². The van der Waals surface area contributed by atoms with Gasteiger partial charge in [0, 0.05) is 5.69 Å². The van der Waals surface area contributed by atoms with E-state index in [1.807, 2.05) is 29.5 Å². The number of carbonyl (C=O) groups excluding carboxylic acids is 1. The third kappa shape index (κ3) is 2.91. The first-order chi connectivity index (χ1) is 9.67. The molecular weight excluding hydrogens is 256 g/mol. The van der Waals surface area contributed by atoms with Gasteiger partial charge in [-0.05, 0) is 31.9 Å². The summed E-state index contributed by atoms with van der Waals surface area (Å²) < 4.78 is 2.00. The van der Waals surface area contributed by atoms with Crippen LogP contribution >= 0.6 is 0 Å². The third-order valence-electron chi connectivity index (χ3n) is 3.22. The number of nitrogens with zero attached hydrogens (tertiary/aromatic N) is 2. The van der Waals surface area contributed by atoms with Gasteiger partial charge in [-0.25, -0.2) is 10.5 Å². The molecule has 0 aromatic carbocycles. The Morgan fingerprint density at radius 1 is 1.45 bits per heavy atom. The SMILES string of the molecule is CCCCc1nc2cccc(C)n2c1NCC(=O)NO. The average Bonchev–Trinajstić information content (AvgIpc) is 2.81. The Labute approximate surface area is 117 Å². The van der Waals surface area contributed by atoms with Gasteiger partial charge in [-0.1, -0.05) is 19.4 Å². The Balaban J connectivity index is 2.37. The van der Waals surface area contributed by atoms with Crippen molar-refractivity contribution in [3.63, 3.8) is 0 Å². The minimum atomic E-state index is -0.477. The number of amides is 1. The first kappa shape index (κ1) is 14.3. The van der Waals surface area contributed by atoms with E-state index in [1.54, 1.807) is 5.48 Å². The second-order valence-corrected chi connectivity index (χ2v) is 4.76. The number of hydrogen-bond acceptors (Lipinski definition) is 4. The molecule has 2 rings (SSSR count). The van der Waals surface area contributed by atoms with E-state index in [-0.39, 0.29) is 6.54 Å². The van der Waals surface area contributed by atoms with E-state index in [0.29, 0.717) is 0 Å². The molecule has 0 spiro atoms. The molecule has 0 saturated carbocycles. The summed E-state index contributed by atoms with van der Waals surface area (Å²) in [6.45, 7) is 4.14. The molecular formula is C14H20N4O2. The molecule has 0 bridgehead atoms. The van der Waals surface area contributed by atoms with Crippen LogP contribution < -0.4 is 10.8 Å². The van der Waals surface area contributed by atoms with Crippen molar-refractivity contribution >= 4 is 17.4 Å². The number of hydroxylamine groups is 1. The zero-order valence-electron chi connectivity index (χ0n) is 11.8. The fourth-order valence-corrected chi connectivity index (χ4v) is 2.20. The maximum absolute atomic E-state index is 11.2. The van der Waals surface area contributed by atoms with Crippen molar-refractivity contribution in [2.45, 2.75) is 33.1 Å². The molecule has 0 atom stereocenters. The van der Waals surface area contributed by atoms with Crippen LogP contribution in [0.15, 0.2) is 18.2 Å². The van der Waals surface area contributed by atoms with E-state index in [4.69, 9.17) is 5.21 Å². The van der Waals surface area contributed by atoms with Crippen LogP contribution in [-0.4, -0.2) is 27.0 Å². The molecule has 108 valence electrons. The predicted octanol–water partition coefficient (Wildman–Crippen LogP) is 1.90. The van der Waals surface area contributed by atoms with Gasteiger partial charge in [0.05, 0.1) is 12.2 Å². The van der Waals surface area contributed by atoms with Crippen molar-refractivity contribution < 1.29 is 10.0 Å². The number of hydrogen-bond donors (Lipinski definition) is 3. The molecule has 2 aromatic rings. The van der Waals surface area contributed by atoms with Gasteiger partial charge in [0.1, 0.15) is 11.5 Å². The van der Waals surface area contributed by atoms with Crippen LogP contribution in [0.2, 0.25) is 0 Å². The van der Waals surface area contributed by atoms with Crippen molar-refractivity contribution in [1.82, 2.24) is 14.9 Å². The number of nitrogens with one attached hydrogen (secondary N) is 2. The number of carbonyl (C=O) groups is 1. The highest BCUT2D eigenvalue weighted by molar-refractivity contribution is 5.79. The van der Waals surface area contributed by atoms with E-state index in [2.05, 4.69) is 17.2 Å². The number of rotatable bonds is 6. The Morgan fingerprint density at radius 3 is 2.95 bits per heavy atom. The third-order valence-corrected chi connectivity index (χ3v) is 3.22. The van der Waals surface area contributed by atoms with Crippen LogP contribution in [0.1, 0.15) is 31.2 Å². The van der Waals surface area contributed by atoms with E-state index in [0.717, 1.165) is 42.1 Å². The zero-order valence-corrected chi connectivity index (χ0v) is 11.8. The fourth-order valence-electron chi connectivity index (χ4n) is 2.20. The van der Waals surface area contributed by atoms with Crippen LogP contribution in [0.3, 0.4) is 0 Å². The lowest BCUT2D eigenvalue weighted by atomic mass is 10.2. The Hall–Kier alpha value is -2.08. The van der Waals surface area contributed by atoms with Gasteiger partial charge in [-0.2, -0.15) is 0 Å². The Bertz CT molecular complexity index is 606.